The first-order chi connectivity index (χ1) is 10.8. The highest BCUT2D eigenvalue weighted by molar-refractivity contribution is 5.90. The van der Waals surface area contributed by atoms with Gasteiger partial charge in [-0.15, -0.1) is 0 Å². The molecule has 7 heteroatoms. The number of anilines is 1. The van der Waals surface area contributed by atoms with Crippen LogP contribution in [0.2, 0.25) is 0 Å². The minimum atomic E-state index is -4.34. The molecule has 0 saturated carbocycles. The van der Waals surface area contributed by atoms with Crippen molar-refractivity contribution < 1.29 is 23.1 Å². The van der Waals surface area contributed by atoms with Gasteiger partial charge in [-0.25, -0.2) is 4.79 Å². The standard InChI is InChI=1S/C16H21F3N2O2/c1-11-5-4-8-21(14(11)10-22)15(23)20-13-7-3-2-6-12(13)9-16(17,18)19/h2-3,6-7,11,14,22H,4-5,8-10H2,1H3,(H,20,23). The van der Waals surface area contributed by atoms with Crippen LogP contribution in [0, 0.1) is 5.92 Å². The molecular formula is C16H21F3N2O2. The molecule has 0 radical (unpaired) electrons. The Labute approximate surface area is 133 Å². The Hall–Kier alpha value is -1.76. The summed E-state index contributed by atoms with van der Waals surface area (Å²) in [7, 11) is 0. The second-order valence-corrected chi connectivity index (χ2v) is 5.94. The van der Waals surface area contributed by atoms with Crippen LogP contribution in [0.5, 0.6) is 0 Å². The van der Waals surface area contributed by atoms with E-state index in [0.29, 0.717) is 6.54 Å². The van der Waals surface area contributed by atoms with Crippen LogP contribution >= 0.6 is 0 Å². The fourth-order valence-electron chi connectivity index (χ4n) is 2.98. The van der Waals surface area contributed by atoms with Crippen LogP contribution in [0.4, 0.5) is 23.7 Å². The minimum absolute atomic E-state index is 0.0268. The van der Waals surface area contributed by atoms with E-state index in [1.54, 1.807) is 6.07 Å². The molecule has 2 atom stereocenters. The molecule has 1 aliphatic heterocycles. The van der Waals surface area contributed by atoms with E-state index in [0.717, 1.165) is 12.8 Å². The zero-order chi connectivity index (χ0) is 17.0. The van der Waals surface area contributed by atoms with Crippen LogP contribution in [-0.4, -0.2) is 41.4 Å². The van der Waals surface area contributed by atoms with Crippen LogP contribution < -0.4 is 5.32 Å². The lowest BCUT2D eigenvalue weighted by Crippen LogP contribution is -2.51. The summed E-state index contributed by atoms with van der Waals surface area (Å²) >= 11 is 0. The Balaban J connectivity index is 2.14. The second kappa shape index (κ2) is 7.21. The molecule has 4 nitrogen and oxygen atoms in total. The SMILES string of the molecule is CC1CCCN(C(=O)Nc2ccccc2CC(F)(F)F)C1CO. The Bertz CT molecular complexity index is 548. The third-order valence-electron chi connectivity index (χ3n) is 4.21. The van der Waals surface area contributed by atoms with Gasteiger partial charge >= 0.3 is 12.2 Å². The summed E-state index contributed by atoms with van der Waals surface area (Å²) in [5, 5.41) is 12.0. The summed E-state index contributed by atoms with van der Waals surface area (Å²) in [5.41, 5.74) is 0.184. The minimum Gasteiger partial charge on any atom is -0.394 e. The summed E-state index contributed by atoms with van der Waals surface area (Å²) in [6.07, 6.45) is -3.70. The predicted octanol–water partition coefficient (Wildman–Crippen LogP) is 3.42. The molecule has 0 aromatic heterocycles. The number of carbonyl (C=O) groups is 1. The summed E-state index contributed by atoms with van der Waals surface area (Å²) in [4.78, 5) is 13.9. The molecule has 0 aliphatic carbocycles. The molecule has 2 unspecified atom stereocenters. The van der Waals surface area contributed by atoms with Crippen LogP contribution in [0.15, 0.2) is 24.3 Å². The average Bonchev–Trinajstić information content (AvgIpc) is 2.47. The molecule has 1 aromatic carbocycles. The van der Waals surface area contributed by atoms with Crippen molar-refractivity contribution in [3.05, 3.63) is 29.8 Å². The normalized spacial score (nSPS) is 22.0. The zero-order valence-corrected chi connectivity index (χ0v) is 12.9. The first-order valence-electron chi connectivity index (χ1n) is 7.65. The van der Waals surface area contributed by atoms with Crippen molar-refractivity contribution in [2.75, 3.05) is 18.5 Å². The first kappa shape index (κ1) is 17.6. The van der Waals surface area contributed by atoms with Crippen molar-refractivity contribution in [2.45, 2.75) is 38.4 Å². The number of amides is 2. The van der Waals surface area contributed by atoms with Gasteiger partial charge in [0.2, 0.25) is 0 Å². The molecule has 0 spiro atoms. The Morgan fingerprint density at radius 2 is 2.09 bits per heavy atom. The van der Waals surface area contributed by atoms with Gasteiger partial charge in [-0.2, -0.15) is 13.2 Å². The molecule has 2 rings (SSSR count). The van der Waals surface area contributed by atoms with E-state index in [9.17, 15) is 23.1 Å². The monoisotopic (exact) mass is 330 g/mol. The van der Waals surface area contributed by atoms with E-state index in [1.807, 2.05) is 6.92 Å². The highest BCUT2D eigenvalue weighted by Gasteiger charge is 2.32. The highest BCUT2D eigenvalue weighted by atomic mass is 19.4. The van der Waals surface area contributed by atoms with E-state index in [-0.39, 0.29) is 29.8 Å². The molecule has 2 amide bonds. The summed E-state index contributed by atoms with van der Waals surface area (Å²) in [6, 6.07) is 5.13. The van der Waals surface area contributed by atoms with Gasteiger partial charge in [-0.1, -0.05) is 25.1 Å². The molecule has 128 valence electrons. The Morgan fingerprint density at radius 1 is 1.39 bits per heavy atom. The van der Waals surface area contributed by atoms with Gasteiger partial charge < -0.3 is 15.3 Å². The molecule has 2 N–H and O–H groups in total. The first-order valence-corrected chi connectivity index (χ1v) is 7.65. The van der Waals surface area contributed by atoms with Crippen LogP contribution in [0.3, 0.4) is 0 Å². The number of nitrogens with one attached hydrogen (secondary N) is 1. The number of halogens is 3. The van der Waals surface area contributed by atoms with Crippen molar-refractivity contribution in [2.24, 2.45) is 5.92 Å². The van der Waals surface area contributed by atoms with Gasteiger partial charge in [0.1, 0.15) is 0 Å². The van der Waals surface area contributed by atoms with Gasteiger partial charge in [0, 0.05) is 12.2 Å². The van der Waals surface area contributed by atoms with Crippen molar-refractivity contribution in [3.8, 4) is 0 Å². The molecule has 0 bridgehead atoms. The summed E-state index contributed by atoms with van der Waals surface area (Å²) < 4.78 is 37.9. The van der Waals surface area contributed by atoms with E-state index < -0.39 is 18.6 Å². The number of para-hydroxylation sites is 1. The average molecular weight is 330 g/mol. The number of carbonyl (C=O) groups excluding carboxylic acids is 1. The largest absolute Gasteiger partial charge is 0.394 e. The van der Waals surface area contributed by atoms with Crippen molar-refractivity contribution in [1.82, 2.24) is 4.90 Å². The number of nitrogens with zero attached hydrogens (tertiary/aromatic N) is 1. The van der Waals surface area contributed by atoms with Crippen LogP contribution in [0.1, 0.15) is 25.3 Å². The second-order valence-electron chi connectivity index (χ2n) is 5.94. The van der Waals surface area contributed by atoms with E-state index in [2.05, 4.69) is 5.32 Å². The van der Waals surface area contributed by atoms with Crippen LogP contribution in [-0.2, 0) is 6.42 Å². The quantitative estimate of drug-likeness (QED) is 0.892. The van der Waals surface area contributed by atoms with Gasteiger partial charge in [0.15, 0.2) is 0 Å². The lowest BCUT2D eigenvalue weighted by atomic mass is 9.91. The number of hydrogen-bond acceptors (Lipinski definition) is 2. The number of benzene rings is 1. The van der Waals surface area contributed by atoms with Crippen LogP contribution in [0.25, 0.3) is 0 Å². The molecule has 1 fully saturated rings. The summed E-state index contributed by atoms with van der Waals surface area (Å²) in [6.45, 7) is 2.29. The van der Waals surface area contributed by atoms with E-state index in [4.69, 9.17) is 0 Å². The van der Waals surface area contributed by atoms with Crippen molar-refractivity contribution >= 4 is 11.7 Å². The highest BCUT2D eigenvalue weighted by Crippen LogP contribution is 2.28. The Kier molecular flexibility index (Phi) is 5.51. The number of urea groups is 1. The lowest BCUT2D eigenvalue weighted by molar-refractivity contribution is -0.127. The van der Waals surface area contributed by atoms with Gasteiger partial charge in [-0.05, 0) is 30.4 Å². The molecule has 1 saturated heterocycles. The summed E-state index contributed by atoms with van der Waals surface area (Å²) in [5.74, 6) is 0.157. The molecule has 1 heterocycles. The maximum absolute atomic E-state index is 12.6. The molecular weight excluding hydrogens is 309 g/mol. The van der Waals surface area contributed by atoms with E-state index in [1.165, 1.54) is 23.1 Å². The number of alkyl halides is 3. The third kappa shape index (κ3) is 4.60. The van der Waals surface area contributed by atoms with Crippen molar-refractivity contribution in [1.29, 1.82) is 0 Å². The van der Waals surface area contributed by atoms with Crippen molar-refractivity contribution in [3.63, 3.8) is 0 Å². The molecule has 1 aliphatic rings. The number of aliphatic hydroxyl groups is 1. The fourth-order valence-corrected chi connectivity index (χ4v) is 2.98. The molecule has 23 heavy (non-hydrogen) atoms. The maximum Gasteiger partial charge on any atom is 0.393 e. The number of piperidine rings is 1. The smallest absolute Gasteiger partial charge is 0.393 e. The predicted molar refractivity (Wildman–Crippen MR) is 81.2 cm³/mol. The Morgan fingerprint density at radius 3 is 2.74 bits per heavy atom. The number of likely N-dealkylation sites (tertiary alicyclic amines) is 1. The fraction of sp³-hybridized carbons (Fsp3) is 0.562. The topological polar surface area (TPSA) is 52.6 Å². The van der Waals surface area contributed by atoms with Gasteiger partial charge in [0.25, 0.3) is 0 Å². The zero-order valence-electron chi connectivity index (χ0n) is 12.9. The lowest BCUT2D eigenvalue weighted by Gasteiger charge is -2.39. The van der Waals surface area contributed by atoms with E-state index >= 15 is 0 Å². The molecule has 1 aromatic rings. The number of hydrogen-bond donors (Lipinski definition) is 2. The number of aliphatic hydroxyl groups excluding tert-OH is 1. The van der Waals surface area contributed by atoms with Gasteiger partial charge in [-0.3, -0.25) is 0 Å². The third-order valence-corrected chi connectivity index (χ3v) is 4.21. The van der Waals surface area contributed by atoms with Gasteiger partial charge in [0.05, 0.1) is 19.1 Å². The maximum atomic E-state index is 12.6. The number of rotatable bonds is 3.